The highest BCUT2D eigenvalue weighted by Crippen LogP contribution is 2.75. The van der Waals surface area contributed by atoms with Crippen LogP contribution in [0.15, 0.2) is 12.2 Å². The second-order valence-corrected chi connectivity index (χ2v) is 7.32. The summed E-state index contributed by atoms with van der Waals surface area (Å²) in [5, 5.41) is 20.8. The number of aliphatic hydroxyl groups is 2. The molecule has 0 heterocycles. The fourth-order valence-corrected chi connectivity index (χ4v) is 5.85. The number of carbonyl (C=O) groups is 1. The molecule has 0 amide bonds. The van der Waals surface area contributed by atoms with E-state index in [1.807, 2.05) is 0 Å². The summed E-state index contributed by atoms with van der Waals surface area (Å²) in [6, 6.07) is 0. The van der Waals surface area contributed by atoms with Crippen LogP contribution in [0.2, 0.25) is 0 Å². The van der Waals surface area contributed by atoms with Gasteiger partial charge >= 0.3 is 0 Å². The Balaban J connectivity index is 2.16. The van der Waals surface area contributed by atoms with Crippen molar-refractivity contribution in [2.45, 2.75) is 44.8 Å². The number of methoxy groups -OCH3 is 1. The number of fused-ring (bicyclic) bond motifs is 2. The molecule has 0 saturated heterocycles. The molecule has 118 valence electrons. The molecule has 0 aliphatic heterocycles. The van der Waals surface area contributed by atoms with Crippen LogP contribution < -0.4 is 0 Å². The number of ether oxygens (including phenoxy) is 1. The molecule has 3 aliphatic carbocycles. The molecular weight excluding hydrogens is 268 g/mol. The topological polar surface area (TPSA) is 66.8 Å². The van der Waals surface area contributed by atoms with Crippen LogP contribution in [0, 0.1) is 28.6 Å². The highest BCUT2D eigenvalue weighted by atomic mass is 16.6. The van der Waals surface area contributed by atoms with E-state index >= 15 is 0 Å². The molecule has 0 aromatic carbocycles. The van der Waals surface area contributed by atoms with Crippen LogP contribution in [0.3, 0.4) is 0 Å². The second kappa shape index (κ2) is 4.64. The molecular formula is C17H26O4. The van der Waals surface area contributed by atoms with Crippen LogP contribution in [-0.4, -0.2) is 36.0 Å². The first-order valence-corrected chi connectivity index (χ1v) is 7.97. The van der Waals surface area contributed by atoms with Crippen molar-refractivity contribution in [2.75, 3.05) is 13.7 Å². The normalized spacial score (nSPS) is 50.0. The molecule has 2 bridgehead atoms. The lowest BCUT2D eigenvalue weighted by Gasteiger charge is -2.49. The molecule has 5 unspecified atom stereocenters. The summed E-state index contributed by atoms with van der Waals surface area (Å²) in [6.07, 6.45) is 5.86. The van der Waals surface area contributed by atoms with Gasteiger partial charge in [-0.15, -0.1) is 0 Å². The quantitative estimate of drug-likeness (QED) is 0.472. The smallest absolute Gasteiger partial charge is 0.185 e. The Labute approximate surface area is 126 Å². The van der Waals surface area contributed by atoms with Gasteiger partial charge in [0, 0.05) is 25.0 Å². The van der Waals surface area contributed by atoms with E-state index in [1.165, 1.54) is 20.0 Å². The summed E-state index contributed by atoms with van der Waals surface area (Å²) in [6.45, 7) is 6.29. The minimum absolute atomic E-state index is 0.0499. The number of carbonyl (C=O) groups excluding carboxylic acids is 1. The molecule has 5 atom stereocenters. The first-order chi connectivity index (χ1) is 9.93. The zero-order valence-electron chi connectivity index (χ0n) is 13.0. The number of hydrogen-bond donors (Lipinski definition) is 2. The molecule has 0 aromatic rings. The van der Waals surface area contributed by atoms with Gasteiger partial charge in [-0.1, -0.05) is 31.9 Å². The predicted molar refractivity (Wildman–Crippen MR) is 78.3 cm³/mol. The van der Waals surface area contributed by atoms with E-state index in [-0.39, 0.29) is 18.4 Å². The number of rotatable bonds is 4. The van der Waals surface area contributed by atoms with Crippen molar-refractivity contribution in [3.8, 4) is 0 Å². The van der Waals surface area contributed by atoms with Crippen molar-refractivity contribution in [2.24, 2.45) is 28.6 Å². The molecule has 3 aliphatic rings. The molecule has 2 N–H and O–H groups in total. The van der Waals surface area contributed by atoms with Gasteiger partial charge in [-0.25, -0.2) is 0 Å². The van der Waals surface area contributed by atoms with Gasteiger partial charge in [0.05, 0.1) is 5.41 Å². The zero-order chi connectivity index (χ0) is 15.5. The zero-order valence-corrected chi connectivity index (χ0v) is 13.0. The molecule has 21 heavy (non-hydrogen) atoms. The number of aldehydes is 1. The van der Waals surface area contributed by atoms with Crippen LogP contribution in [-0.2, 0) is 9.53 Å². The number of hydrogen-bond acceptors (Lipinski definition) is 4. The minimum atomic E-state index is -1.53. The summed E-state index contributed by atoms with van der Waals surface area (Å²) < 4.78 is 5.49. The third-order valence-electron chi connectivity index (χ3n) is 7.00. The Hall–Kier alpha value is -0.710. The van der Waals surface area contributed by atoms with E-state index in [2.05, 4.69) is 13.5 Å². The summed E-state index contributed by atoms with van der Waals surface area (Å²) >= 11 is 0. The summed E-state index contributed by atoms with van der Waals surface area (Å²) in [7, 11) is 1.46. The lowest BCUT2D eigenvalue weighted by Crippen LogP contribution is -2.54. The van der Waals surface area contributed by atoms with Crippen molar-refractivity contribution in [1.29, 1.82) is 0 Å². The molecule has 3 saturated carbocycles. The lowest BCUT2D eigenvalue weighted by molar-refractivity contribution is -0.253. The highest BCUT2D eigenvalue weighted by Gasteiger charge is 2.79. The third-order valence-corrected chi connectivity index (χ3v) is 7.00. The van der Waals surface area contributed by atoms with Gasteiger partial charge in [0.2, 0.25) is 0 Å². The van der Waals surface area contributed by atoms with Gasteiger partial charge in [0.1, 0.15) is 6.29 Å². The van der Waals surface area contributed by atoms with Gasteiger partial charge in [-0.2, -0.15) is 0 Å². The minimum Gasteiger partial charge on any atom is -0.396 e. The average Bonchev–Trinajstić information content (AvgIpc) is 3.13. The standard InChI is InChI=1S/C17H26O4/c1-11-14-12(9-18)8-16(10-19,17(14,20)21-3)15(11,2)13-6-4-5-7-13/h10,12-14,18,20H,1,4-9H2,2-3H3. The van der Waals surface area contributed by atoms with E-state index < -0.39 is 16.6 Å². The van der Waals surface area contributed by atoms with Crippen molar-refractivity contribution in [3.63, 3.8) is 0 Å². The SMILES string of the molecule is C=C1C2C(CO)CC(C=O)(C2(O)OC)C1(C)C1CCCC1. The van der Waals surface area contributed by atoms with Crippen LogP contribution in [0.1, 0.15) is 39.0 Å². The van der Waals surface area contributed by atoms with Crippen LogP contribution in [0.25, 0.3) is 0 Å². The molecule has 0 spiro atoms. The van der Waals surface area contributed by atoms with Crippen LogP contribution in [0.4, 0.5) is 0 Å². The molecule has 4 nitrogen and oxygen atoms in total. The van der Waals surface area contributed by atoms with Gasteiger partial charge < -0.3 is 19.7 Å². The Kier molecular flexibility index (Phi) is 3.36. The maximum atomic E-state index is 12.2. The Morgan fingerprint density at radius 3 is 2.52 bits per heavy atom. The van der Waals surface area contributed by atoms with E-state index in [0.717, 1.165) is 24.7 Å². The van der Waals surface area contributed by atoms with E-state index in [9.17, 15) is 15.0 Å². The molecule has 4 heteroatoms. The predicted octanol–water partition coefficient (Wildman–Crippen LogP) is 1.90. The number of aliphatic hydroxyl groups excluding tert-OH is 1. The summed E-state index contributed by atoms with van der Waals surface area (Å²) in [5.74, 6) is -1.68. The Morgan fingerprint density at radius 1 is 1.43 bits per heavy atom. The Morgan fingerprint density at radius 2 is 2.05 bits per heavy atom. The first kappa shape index (κ1) is 15.2. The van der Waals surface area contributed by atoms with Gasteiger partial charge in [0.15, 0.2) is 5.79 Å². The first-order valence-electron chi connectivity index (χ1n) is 7.97. The van der Waals surface area contributed by atoms with Crippen LogP contribution in [0.5, 0.6) is 0 Å². The van der Waals surface area contributed by atoms with E-state index in [0.29, 0.717) is 12.3 Å². The van der Waals surface area contributed by atoms with Gasteiger partial charge in [-0.05, 0) is 31.1 Å². The average molecular weight is 294 g/mol. The van der Waals surface area contributed by atoms with Crippen molar-refractivity contribution in [3.05, 3.63) is 12.2 Å². The lowest BCUT2D eigenvalue weighted by atomic mass is 9.54. The maximum absolute atomic E-state index is 12.2. The van der Waals surface area contributed by atoms with Gasteiger partial charge in [0.25, 0.3) is 0 Å². The van der Waals surface area contributed by atoms with Crippen LogP contribution >= 0.6 is 0 Å². The fourth-order valence-electron chi connectivity index (χ4n) is 5.85. The highest BCUT2D eigenvalue weighted by molar-refractivity contribution is 5.69. The van der Waals surface area contributed by atoms with Crippen molar-refractivity contribution in [1.82, 2.24) is 0 Å². The maximum Gasteiger partial charge on any atom is 0.185 e. The summed E-state index contributed by atoms with van der Waals surface area (Å²) in [4.78, 5) is 12.2. The summed E-state index contributed by atoms with van der Waals surface area (Å²) in [5.41, 5.74) is -0.526. The largest absolute Gasteiger partial charge is 0.396 e. The molecule has 3 fully saturated rings. The van der Waals surface area contributed by atoms with Gasteiger partial charge in [-0.3, -0.25) is 0 Å². The monoisotopic (exact) mass is 294 g/mol. The third kappa shape index (κ3) is 1.44. The van der Waals surface area contributed by atoms with E-state index in [4.69, 9.17) is 4.74 Å². The van der Waals surface area contributed by atoms with Crippen molar-refractivity contribution < 1.29 is 19.7 Å². The van der Waals surface area contributed by atoms with Crippen molar-refractivity contribution >= 4 is 6.29 Å². The molecule has 3 rings (SSSR count). The second-order valence-electron chi connectivity index (χ2n) is 7.32. The molecule has 0 aromatic heterocycles. The van der Waals surface area contributed by atoms with E-state index in [1.54, 1.807) is 0 Å². The molecule has 0 radical (unpaired) electrons. The Bertz CT molecular complexity index is 469. The fraction of sp³-hybridized carbons (Fsp3) is 0.824.